The number of para-hydroxylation sites is 1. The number of rotatable bonds is 6. The highest BCUT2D eigenvalue weighted by molar-refractivity contribution is 6.06. The first-order chi connectivity index (χ1) is 27.8. The third-order valence-electron chi connectivity index (χ3n) is 11.3. The molecule has 3 aromatic heterocycles. The van der Waals surface area contributed by atoms with Crippen LogP contribution in [0.2, 0.25) is 0 Å². The Balaban J connectivity index is 1.15. The van der Waals surface area contributed by atoms with E-state index in [-0.39, 0.29) is 0 Å². The summed E-state index contributed by atoms with van der Waals surface area (Å²) in [5.41, 5.74) is 14.9. The Morgan fingerprint density at radius 3 is 1.84 bits per heavy atom. The van der Waals surface area contributed by atoms with Crippen molar-refractivity contribution < 1.29 is 4.42 Å². The monoisotopic (exact) mass is 715 g/mol. The van der Waals surface area contributed by atoms with Gasteiger partial charge in [0.25, 0.3) is 0 Å². The molecule has 0 amide bonds. The molecule has 1 aliphatic carbocycles. The quantitative estimate of drug-likeness (QED) is 0.172. The first kappa shape index (κ1) is 32.0. The number of hydrogen-bond acceptors (Lipinski definition) is 4. The van der Waals surface area contributed by atoms with Crippen LogP contribution in [0.25, 0.3) is 78.2 Å². The summed E-state index contributed by atoms with van der Waals surface area (Å²) in [7, 11) is 0. The smallest absolute Gasteiger partial charge is 0.160 e. The van der Waals surface area contributed by atoms with E-state index in [1.807, 2.05) is 48.7 Å². The van der Waals surface area contributed by atoms with Crippen LogP contribution in [0, 0.1) is 0 Å². The highest BCUT2D eigenvalue weighted by atomic mass is 16.3. The minimum Gasteiger partial charge on any atom is -0.456 e. The third kappa shape index (κ3) is 4.89. The lowest BCUT2D eigenvalue weighted by atomic mass is 9.67. The fourth-order valence-electron chi connectivity index (χ4n) is 8.85. The second kappa shape index (κ2) is 12.9. The molecule has 1 aliphatic rings. The summed E-state index contributed by atoms with van der Waals surface area (Å²) in [4.78, 5) is 15.6. The van der Waals surface area contributed by atoms with Crippen LogP contribution in [-0.2, 0) is 5.41 Å². The Labute approximate surface area is 324 Å². The van der Waals surface area contributed by atoms with Crippen molar-refractivity contribution in [1.29, 1.82) is 0 Å². The van der Waals surface area contributed by atoms with Gasteiger partial charge in [-0.15, -0.1) is 0 Å². The van der Waals surface area contributed by atoms with Crippen LogP contribution in [-0.4, -0.2) is 15.0 Å². The van der Waals surface area contributed by atoms with E-state index in [1.54, 1.807) is 0 Å². The van der Waals surface area contributed by atoms with Gasteiger partial charge in [-0.3, -0.25) is 4.98 Å². The number of furan rings is 1. The van der Waals surface area contributed by atoms with Crippen molar-refractivity contribution in [3.8, 4) is 56.3 Å². The first-order valence-electron chi connectivity index (χ1n) is 18.9. The van der Waals surface area contributed by atoms with Crippen LogP contribution in [0.5, 0.6) is 0 Å². The lowest BCUT2D eigenvalue weighted by Gasteiger charge is -2.34. The number of hydrogen-bond donors (Lipinski definition) is 0. The van der Waals surface area contributed by atoms with Crippen molar-refractivity contribution in [3.05, 3.63) is 223 Å². The molecule has 0 atom stereocenters. The Kier molecular flexibility index (Phi) is 7.36. The molecule has 7 aromatic carbocycles. The molecule has 4 nitrogen and oxygen atoms in total. The normalized spacial score (nSPS) is 12.8. The maximum absolute atomic E-state index is 6.32. The molecule has 0 unspecified atom stereocenters. The lowest BCUT2D eigenvalue weighted by molar-refractivity contribution is 0.669. The van der Waals surface area contributed by atoms with Gasteiger partial charge in [0.2, 0.25) is 0 Å². The van der Waals surface area contributed by atoms with Crippen molar-refractivity contribution in [1.82, 2.24) is 15.0 Å². The molecule has 262 valence electrons. The van der Waals surface area contributed by atoms with E-state index in [9.17, 15) is 0 Å². The molecule has 4 heteroatoms. The van der Waals surface area contributed by atoms with Crippen molar-refractivity contribution in [2.75, 3.05) is 0 Å². The minimum atomic E-state index is -0.517. The average molecular weight is 716 g/mol. The number of nitrogens with zero attached hydrogens (tertiary/aromatic N) is 3. The van der Waals surface area contributed by atoms with Gasteiger partial charge in [-0.25, -0.2) is 9.97 Å². The second-order valence-corrected chi connectivity index (χ2v) is 14.3. The molecule has 3 heterocycles. The molecule has 0 spiro atoms. The van der Waals surface area contributed by atoms with Gasteiger partial charge in [0.1, 0.15) is 11.2 Å². The molecule has 0 saturated heterocycles. The van der Waals surface area contributed by atoms with Crippen molar-refractivity contribution in [2.24, 2.45) is 0 Å². The number of pyridine rings is 1. The Bertz CT molecular complexity index is 3040. The van der Waals surface area contributed by atoms with E-state index in [0.29, 0.717) is 5.82 Å². The van der Waals surface area contributed by atoms with Gasteiger partial charge in [0.05, 0.1) is 22.5 Å². The van der Waals surface area contributed by atoms with Gasteiger partial charge in [-0.1, -0.05) is 158 Å². The summed E-state index contributed by atoms with van der Waals surface area (Å²) in [6.45, 7) is 0. The summed E-state index contributed by atoms with van der Waals surface area (Å²) in [6, 6.07) is 68.3. The van der Waals surface area contributed by atoms with Crippen molar-refractivity contribution >= 4 is 21.9 Å². The first-order valence-corrected chi connectivity index (χ1v) is 18.9. The fraction of sp³-hybridized carbons (Fsp3) is 0.0192. The summed E-state index contributed by atoms with van der Waals surface area (Å²) in [6.07, 6.45) is 1.89. The van der Waals surface area contributed by atoms with Gasteiger partial charge < -0.3 is 4.42 Å². The Morgan fingerprint density at radius 2 is 1.04 bits per heavy atom. The highest BCUT2D eigenvalue weighted by Gasteiger charge is 2.47. The third-order valence-corrected chi connectivity index (χ3v) is 11.3. The van der Waals surface area contributed by atoms with E-state index in [0.717, 1.165) is 61.3 Å². The fourth-order valence-corrected chi connectivity index (χ4v) is 8.85. The van der Waals surface area contributed by atoms with Crippen LogP contribution in [0.4, 0.5) is 0 Å². The molecule has 10 aromatic rings. The molecule has 0 saturated carbocycles. The molecule has 0 bridgehead atoms. The predicted octanol–water partition coefficient (Wildman–Crippen LogP) is 12.8. The molecule has 0 fully saturated rings. The predicted molar refractivity (Wildman–Crippen MR) is 226 cm³/mol. The van der Waals surface area contributed by atoms with E-state index >= 15 is 0 Å². The van der Waals surface area contributed by atoms with Crippen LogP contribution in [0.15, 0.2) is 205 Å². The summed E-state index contributed by atoms with van der Waals surface area (Å²) < 4.78 is 6.32. The summed E-state index contributed by atoms with van der Waals surface area (Å²) in [5.74, 6) is 0.647. The van der Waals surface area contributed by atoms with E-state index < -0.39 is 5.41 Å². The molecule has 0 N–H and O–H groups in total. The van der Waals surface area contributed by atoms with Crippen LogP contribution in [0.1, 0.15) is 22.3 Å². The zero-order valence-corrected chi connectivity index (χ0v) is 30.3. The van der Waals surface area contributed by atoms with Crippen LogP contribution < -0.4 is 0 Å². The zero-order chi connectivity index (χ0) is 37.1. The number of benzene rings is 7. The molecule has 56 heavy (non-hydrogen) atoms. The van der Waals surface area contributed by atoms with Gasteiger partial charge in [-0.2, -0.15) is 0 Å². The molecule has 0 radical (unpaired) electrons. The Morgan fingerprint density at radius 1 is 0.411 bits per heavy atom. The van der Waals surface area contributed by atoms with Gasteiger partial charge in [0.15, 0.2) is 5.82 Å². The van der Waals surface area contributed by atoms with E-state index in [1.165, 1.54) is 33.4 Å². The topological polar surface area (TPSA) is 51.8 Å². The van der Waals surface area contributed by atoms with Crippen LogP contribution >= 0.6 is 0 Å². The maximum atomic E-state index is 6.32. The van der Waals surface area contributed by atoms with Crippen molar-refractivity contribution in [3.63, 3.8) is 0 Å². The molecule has 0 aliphatic heterocycles. The van der Waals surface area contributed by atoms with E-state index in [4.69, 9.17) is 19.4 Å². The zero-order valence-electron chi connectivity index (χ0n) is 30.3. The highest BCUT2D eigenvalue weighted by Crippen LogP contribution is 2.58. The van der Waals surface area contributed by atoms with Gasteiger partial charge in [0, 0.05) is 39.2 Å². The maximum Gasteiger partial charge on any atom is 0.160 e. The molecular formula is C52H33N3O. The standard InChI is InChI=1S/C52H33N3O/c1-4-16-34(17-5-1)51-54-45(35-29-30-39-38-22-11-13-28-47(38)56-48(39)32-35)33-46(55-51)41-25-15-31-53-50(41)42-24-14-27-44-49(42)40-23-10-12-26-43(40)52(44,36-18-6-2-7-19-36)37-20-8-3-9-21-37/h1-33H. The summed E-state index contributed by atoms with van der Waals surface area (Å²) >= 11 is 0. The largest absolute Gasteiger partial charge is 0.456 e. The van der Waals surface area contributed by atoms with Crippen molar-refractivity contribution in [2.45, 2.75) is 5.41 Å². The lowest BCUT2D eigenvalue weighted by Crippen LogP contribution is -2.28. The van der Waals surface area contributed by atoms with Gasteiger partial charge in [-0.05, 0) is 69.8 Å². The summed E-state index contributed by atoms with van der Waals surface area (Å²) in [5, 5.41) is 2.18. The molecule has 11 rings (SSSR count). The number of fused-ring (bicyclic) bond motifs is 6. The average Bonchev–Trinajstić information content (AvgIpc) is 3.81. The SMILES string of the molecule is c1ccc(-c2nc(-c3ccc4c(c3)oc3ccccc34)cc(-c3cccnc3-c3cccc4c3-c3ccccc3C4(c3ccccc3)c3ccccc3)n2)cc1. The molecular weight excluding hydrogens is 683 g/mol. The number of aromatic nitrogens is 3. The van der Waals surface area contributed by atoms with E-state index in [2.05, 4.69) is 152 Å². The second-order valence-electron chi connectivity index (χ2n) is 14.3. The van der Waals surface area contributed by atoms with Gasteiger partial charge >= 0.3 is 0 Å². The Hall–Kier alpha value is -7.43. The van der Waals surface area contributed by atoms with Crippen LogP contribution in [0.3, 0.4) is 0 Å². The minimum absolute atomic E-state index is 0.517.